The first-order valence-electron chi connectivity index (χ1n) is 8.64. The van der Waals surface area contributed by atoms with Gasteiger partial charge in [0.25, 0.3) is 5.91 Å². The summed E-state index contributed by atoms with van der Waals surface area (Å²) in [7, 11) is 1.58. The van der Waals surface area contributed by atoms with Crippen LogP contribution in [0.4, 0.5) is 0 Å². The number of rotatable bonds is 6. The van der Waals surface area contributed by atoms with Crippen molar-refractivity contribution in [3.05, 3.63) is 77.4 Å². The number of nitrogens with one attached hydrogen (secondary N) is 1. The van der Waals surface area contributed by atoms with Crippen molar-refractivity contribution >= 4 is 22.6 Å². The number of ether oxygens (including phenoxy) is 2. The van der Waals surface area contributed by atoms with Crippen LogP contribution in [0.25, 0.3) is 10.8 Å². The zero-order valence-electron chi connectivity index (χ0n) is 15.3. The molecule has 0 aliphatic rings. The molecule has 3 aromatic carbocycles. The molecule has 0 unspecified atom stereocenters. The fraction of sp³-hybridized carbons (Fsp3) is 0.182. The highest BCUT2D eigenvalue weighted by atomic mass is 16.5. The van der Waals surface area contributed by atoms with Crippen LogP contribution in [-0.2, 0) is 16.1 Å². The first-order valence-corrected chi connectivity index (χ1v) is 8.64. The molecule has 0 radical (unpaired) electrons. The molecule has 0 heterocycles. The van der Waals surface area contributed by atoms with Crippen LogP contribution in [-0.4, -0.2) is 25.6 Å². The van der Waals surface area contributed by atoms with Crippen molar-refractivity contribution in [1.82, 2.24) is 5.32 Å². The molecule has 0 bridgehead atoms. The maximum Gasteiger partial charge on any atom is 0.339 e. The highest BCUT2D eigenvalue weighted by Crippen LogP contribution is 2.28. The first-order chi connectivity index (χ1) is 13.1. The molecule has 0 saturated heterocycles. The van der Waals surface area contributed by atoms with E-state index >= 15 is 0 Å². The summed E-state index contributed by atoms with van der Waals surface area (Å²) in [6.07, 6.45) is 0. The largest absolute Gasteiger partial charge is 0.496 e. The molecule has 1 N–H and O–H groups in total. The second kappa shape index (κ2) is 8.36. The van der Waals surface area contributed by atoms with Gasteiger partial charge in [0.05, 0.1) is 12.7 Å². The Morgan fingerprint density at radius 2 is 1.63 bits per heavy atom. The average molecular weight is 363 g/mol. The van der Waals surface area contributed by atoms with Gasteiger partial charge in [-0.15, -0.1) is 0 Å². The normalized spacial score (nSPS) is 10.4. The molecule has 138 valence electrons. The lowest BCUT2D eigenvalue weighted by molar-refractivity contribution is -0.124. The Bertz CT molecular complexity index is 981. The summed E-state index contributed by atoms with van der Waals surface area (Å²) in [4.78, 5) is 24.5. The molecule has 27 heavy (non-hydrogen) atoms. The number of amides is 1. The monoisotopic (exact) mass is 363 g/mol. The summed E-state index contributed by atoms with van der Waals surface area (Å²) in [5.41, 5.74) is 2.52. The number of carbonyl (C=O) groups excluding carboxylic acids is 2. The standard InChI is InChI=1S/C22H21NO4/c1-15-7-3-4-8-16(15)13-23-21(24)14-27-22(25)19-11-12-20(26-2)18-10-6-5-9-17(18)19/h3-12H,13-14H2,1-2H3,(H,23,24). The van der Waals surface area contributed by atoms with Crippen LogP contribution < -0.4 is 10.1 Å². The molecule has 5 nitrogen and oxygen atoms in total. The van der Waals surface area contributed by atoms with E-state index in [9.17, 15) is 9.59 Å². The van der Waals surface area contributed by atoms with Gasteiger partial charge < -0.3 is 14.8 Å². The minimum absolute atomic E-state index is 0.328. The van der Waals surface area contributed by atoms with Gasteiger partial charge in [-0.2, -0.15) is 0 Å². The molecular formula is C22H21NO4. The third-order valence-corrected chi connectivity index (χ3v) is 4.40. The van der Waals surface area contributed by atoms with Crippen LogP contribution >= 0.6 is 0 Å². The van der Waals surface area contributed by atoms with Gasteiger partial charge in [0.15, 0.2) is 6.61 Å². The Balaban J connectivity index is 1.63. The molecule has 5 heteroatoms. The molecule has 0 aliphatic heterocycles. The molecule has 0 fully saturated rings. The van der Waals surface area contributed by atoms with Crippen molar-refractivity contribution in [1.29, 1.82) is 0 Å². The van der Waals surface area contributed by atoms with E-state index in [1.807, 2.05) is 55.5 Å². The minimum Gasteiger partial charge on any atom is -0.496 e. The van der Waals surface area contributed by atoms with Crippen LogP contribution in [0, 0.1) is 6.92 Å². The summed E-state index contributed by atoms with van der Waals surface area (Å²) < 4.78 is 10.5. The number of fused-ring (bicyclic) bond motifs is 1. The van der Waals surface area contributed by atoms with E-state index in [2.05, 4.69) is 5.32 Å². The zero-order chi connectivity index (χ0) is 19.2. The number of esters is 1. The van der Waals surface area contributed by atoms with E-state index in [0.717, 1.165) is 21.9 Å². The quantitative estimate of drug-likeness (QED) is 0.679. The molecule has 0 atom stereocenters. The molecular weight excluding hydrogens is 342 g/mol. The van der Waals surface area contributed by atoms with Gasteiger partial charge in [-0.1, -0.05) is 48.5 Å². The van der Waals surface area contributed by atoms with Crippen molar-refractivity contribution in [2.75, 3.05) is 13.7 Å². The Morgan fingerprint density at radius 3 is 2.37 bits per heavy atom. The van der Waals surface area contributed by atoms with Crippen LogP contribution in [0.5, 0.6) is 5.75 Å². The summed E-state index contributed by atoms with van der Waals surface area (Å²) >= 11 is 0. The molecule has 0 saturated carbocycles. The molecule has 0 spiro atoms. The Labute approximate surface area is 157 Å². The number of methoxy groups -OCH3 is 1. The van der Waals surface area contributed by atoms with Crippen molar-refractivity contribution < 1.29 is 19.1 Å². The van der Waals surface area contributed by atoms with Gasteiger partial charge in [0.1, 0.15) is 5.75 Å². The summed E-state index contributed by atoms with van der Waals surface area (Å²) in [6, 6.07) is 18.6. The van der Waals surface area contributed by atoms with Gasteiger partial charge in [-0.25, -0.2) is 4.79 Å². The second-order valence-corrected chi connectivity index (χ2v) is 6.14. The SMILES string of the molecule is COc1ccc(C(=O)OCC(=O)NCc2ccccc2C)c2ccccc12. The number of aryl methyl sites for hydroxylation is 1. The Morgan fingerprint density at radius 1 is 0.926 bits per heavy atom. The van der Waals surface area contributed by atoms with Gasteiger partial charge in [-0.05, 0) is 35.6 Å². The van der Waals surface area contributed by atoms with Crippen molar-refractivity contribution in [2.24, 2.45) is 0 Å². The predicted octanol–water partition coefficient (Wildman–Crippen LogP) is 3.63. The lowest BCUT2D eigenvalue weighted by Crippen LogP contribution is -2.28. The fourth-order valence-corrected chi connectivity index (χ4v) is 2.89. The molecule has 0 aliphatic carbocycles. The highest BCUT2D eigenvalue weighted by Gasteiger charge is 2.15. The van der Waals surface area contributed by atoms with Crippen molar-refractivity contribution in [3.8, 4) is 5.75 Å². The number of hydrogen-bond donors (Lipinski definition) is 1. The molecule has 3 aromatic rings. The number of carbonyl (C=O) groups is 2. The maximum absolute atomic E-state index is 12.4. The Kier molecular flexibility index (Phi) is 5.71. The van der Waals surface area contributed by atoms with Crippen LogP contribution in [0.2, 0.25) is 0 Å². The lowest BCUT2D eigenvalue weighted by atomic mass is 10.0. The van der Waals surface area contributed by atoms with E-state index < -0.39 is 5.97 Å². The smallest absolute Gasteiger partial charge is 0.339 e. The van der Waals surface area contributed by atoms with Gasteiger partial charge >= 0.3 is 5.97 Å². The highest BCUT2D eigenvalue weighted by molar-refractivity contribution is 6.06. The summed E-state index contributed by atoms with van der Waals surface area (Å²) in [5, 5.41) is 4.31. The maximum atomic E-state index is 12.4. The van der Waals surface area contributed by atoms with Gasteiger partial charge in [0, 0.05) is 11.9 Å². The van der Waals surface area contributed by atoms with E-state index in [1.165, 1.54) is 0 Å². The van der Waals surface area contributed by atoms with E-state index in [-0.39, 0.29) is 12.5 Å². The number of benzene rings is 3. The van der Waals surface area contributed by atoms with Crippen LogP contribution in [0.1, 0.15) is 21.5 Å². The van der Waals surface area contributed by atoms with E-state index in [4.69, 9.17) is 9.47 Å². The molecule has 0 aromatic heterocycles. The van der Waals surface area contributed by atoms with Gasteiger partial charge in [-0.3, -0.25) is 4.79 Å². The summed E-state index contributed by atoms with van der Waals surface area (Å²) in [5.74, 6) is -0.206. The average Bonchev–Trinajstić information content (AvgIpc) is 2.70. The topological polar surface area (TPSA) is 64.6 Å². The van der Waals surface area contributed by atoms with Crippen LogP contribution in [0.3, 0.4) is 0 Å². The third-order valence-electron chi connectivity index (χ3n) is 4.40. The zero-order valence-corrected chi connectivity index (χ0v) is 15.3. The first kappa shape index (κ1) is 18.5. The minimum atomic E-state index is -0.542. The van der Waals surface area contributed by atoms with E-state index in [0.29, 0.717) is 17.9 Å². The summed E-state index contributed by atoms with van der Waals surface area (Å²) in [6.45, 7) is 2.05. The number of hydrogen-bond acceptors (Lipinski definition) is 4. The molecule has 3 rings (SSSR count). The van der Waals surface area contributed by atoms with Crippen molar-refractivity contribution in [3.63, 3.8) is 0 Å². The van der Waals surface area contributed by atoms with Crippen molar-refractivity contribution in [2.45, 2.75) is 13.5 Å². The van der Waals surface area contributed by atoms with Gasteiger partial charge in [0.2, 0.25) is 0 Å². The fourth-order valence-electron chi connectivity index (χ4n) is 2.89. The predicted molar refractivity (Wildman–Crippen MR) is 104 cm³/mol. The van der Waals surface area contributed by atoms with Crippen LogP contribution in [0.15, 0.2) is 60.7 Å². The van der Waals surface area contributed by atoms with E-state index in [1.54, 1.807) is 19.2 Å². The third kappa shape index (κ3) is 4.26. The Hall–Kier alpha value is -3.34. The second-order valence-electron chi connectivity index (χ2n) is 6.14. The lowest BCUT2D eigenvalue weighted by Gasteiger charge is -2.11. The molecule has 1 amide bonds.